The molecule has 2 rings (SSSR count). The summed E-state index contributed by atoms with van der Waals surface area (Å²) in [6.07, 6.45) is -0.787. The number of thiazole rings is 1. The van der Waals surface area contributed by atoms with Crippen LogP contribution in [0.5, 0.6) is 11.5 Å². The van der Waals surface area contributed by atoms with Crippen LogP contribution in [0.25, 0.3) is 0 Å². The average Bonchev–Trinajstić information content (AvgIpc) is 2.83. The highest BCUT2D eigenvalue weighted by molar-refractivity contribution is 9.10. The van der Waals surface area contributed by atoms with Crippen molar-refractivity contribution < 1.29 is 14.6 Å². The number of rotatable bonds is 4. The number of hydrogen-bond donors (Lipinski definition) is 1. The van der Waals surface area contributed by atoms with E-state index in [1.165, 1.54) is 11.3 Å². The monoisotopic (exact) mass is 329 g/mol. The minimum Gasteiger partial charge on any atom is -0.497 e. The number of methoxy groups -OCH3 is 2. The third kappa shape index (κ3) is 2.82. The number of halogens is 1. The van der Waals surface area contributed by atoms with Gasteiger partial charge >= 0.3 is 0 Å². The molecule has 0 aliphatic carbocycles. The van der Waals surface area contributed by atoms with Gasteiger partial charge in [-0.3, -0.25) is 0 Å². The number of ether oxygens (including phenoxy) is 2. The molecule has 1 aromatic carbocycles. The van der Waals surface area contributed by atoms with E-state index in [2.05, 4.69) is 20.9 Å². The second kappa shape index (κ2) is 5.69. The van der Waals surface area contributed by atoms with E-state index < -0.39 is 6.10 Å². The van der Waals surface area contributed by atoms with Crippen LogP contribution < -0.4 is 9.47 Å². The van der Waals surface area contributed by atoms with Gasteiger partial charge in [-0.15, -0.1) is 11.3 Å². The van der Waals surface area contributed by atoms with Crippen LogP contribution in [-0.2, 0) is 0 Å². The maximum absolute atomic E-state index is 10.3. The summed E-state index contributed by atoms with van der Waals surface area (Å²) in [6.45, 7) is 0. The molecule has 0 aliphatic heterocycles. The number of hydrogen-bond acceptors (Lipinski definition) is 5. The topological polar surface area (TPSA) is 51.6 Å². The molecule has 0 saturated carbocycles. The standard InChI is InChI=1S/C12H12BrNO3S/c1-16-8-3-7(4-9(5-8)17-2)11(15)12-14-10(13)6-18-12/h3-6,11,15H,1-2H3. The van der Waals surface area contributed by atoms with Crippen LogP contribution in [0.15, 0.2) is 28.2 Å². The molecule has 0 saturated heterocycles. The van der Waals surface area contributed by atoms with Gasteiger partial charge in [-0.05, 0) is 33.6 Å². The Kier molecular flexibility index (Phi) is 4.21. The van der Waals surface area contributed by atoms with Gasteiger partial charge < -0.3 is 14.6 Å². The lowest BCUT2D eigenvalue weighted by Gasteiger charge is -2.11. The van der Waals surface area contributed by atoms with Crippen molar-refractivity contribution in [2.45, 2.75) is 6.10 Å². The Labute approximate surface area is 117 Å². The highest BCUT2D eigenvalue weighted by Gasteiger charge is 2.16. The first-order chi connectivity index (χ1) is 8.63. The molecule has 18 heavy (non-hydrogen) atoms. The molecule has 96 valence electrons. The Morgan fingerprint density at radius 1 is 1.22 bits per heavy atom. The summed E-state index contributed by atoms with van der Waals surface area (Å²) in [4.78, 5) is 4.20. The molecule has 0 bridgehead atoms. The quantitative estimate of drug-likeness (QED) is 0.936. The third-order valence-electron chi connectivity index (χ3n) is 2.42. The highest BCUT2D eigenvalue weighted by atomic mass is 79.9. The second-order valence-electron chi connectivity index (χ2n) is 3.56. The van der Waals surface area contributed by atoms with Crippen LogP contribution in [0.1, 0.15) is 16.7 Å². The Balaban J connectivity index is 2.37. The SMILES string of the molecule is COc1cc(OC)cc(C(O)c2nc(Br)cs2)c1. The van der Waals surface area contributed by atoms with Crippen molar-refractivity contribution in [3.8, 4) is 11.5 Å². The van der Waals surface area contributed by atoms with Gasteiger partial charge in [-0.2, -0.15) is 0 Å². The molecule has 0 radical (unpaired) electrons. The Bertz CT molecular complexity index is 522. The first kappa shape index (κ1) is 13.3. The van der Waals surface area contributed by atoms with Gasteiger partial charge in [0.05, 0.1) is 14.2 Å². The smallest absolute Gasteiger partial charge is 0.131 e. The number of aliphatic hydroxyl groups is 1. The van der Waals surface area contributed by atoms with Gasteiger partial charge in [0, 0.05) is 11.4 Å². The van der Waals surface area contributed by atoms with Crippen LogP contribution in [0.2, 0.25) is 0 Å². The lowest BCUT2D eigenvalue weighted by Crippen LogP contribution is -2.00. The molecule has 1 atom stereocenters. The Morgan fingerprint density at radius 2 is 1.83 bits per heavy atom. The minimum absolute atomic E-state index is 0.622. The first-order valence-corrected chi connectivity index (χ1v) is 6.83. The average molecular weight is 330 g/mol. The van der Waals surface area contributed by atoms with Gasteiger partial charge in [0.15, 0.2) is 0 Å². The minimum atomic E-state index is -0.787. The van der Waals surface area contributed by atoms with Crippen LogP contribution in [0.4, 0.5) is 0 Å². The number of benzene rings is 1. The molecule has 2 aromatic rings. The fraction of sp³-hybridized carbons (Fsp3) is 0.250. The summed E-state index contributed by atoms with van der Waals surface area (Å²) >= 11 is 4.66. The molecule has 0 amide bonds. The van der Waals surface area contributed by atoms with E-state index in [1.54, 1.807) is 32.4 Å². The van der Waals surface area contributed by atoms with Gasteiger partial charge in [0.25, 0.3) is 0 Å². The van der Waals surface area contributed by atoms with E-state index in [0.29, 0.717) is 22.1 Å². The highest BCUT2D eigenvalue weighted by Crippen LogP contribution is 2.31. The molecule has 1 unspecified atom stereocenters. The van der Waals surface area contributed by atoms with Crippen LogP contribution in [0.3, 0.4) is 0 Å². The van der Waals surface area contributed by atoms with Gasteiger partial charge in [-0.25, -0.2) is 4.98 Å². The van der Waals surface area contributed by atoms with Crippen molar-refractivity contribution in [3.05, 3.63) is 38.8 Å². The number of nitrogens with zero attached hydrogens (tertiary/aromatic N) is 1. The number of aliphatic hydroxyl groups excluding tert-OH is 1. The van der Waals surface area contributed by atoms with Crippen molar-refractivity contribution in [2.75, 3.05) is 14.2 Å². The molecule has 0 spiro atoms. The normalized spacial score (nSPS) is 12.2. The summed E-state index contributed by atoms with van der Waals surface area (Å²) in [7, 11) is 3.15. The summed E-state index contributed by atoms with van der Waals surface area (Å²) in [5.41, 5.74) is 0.688. The van der Waals surface area contributed by atoms with Gasteiger partial charge in [0.1, 0.15) is 27.2 Å². The van der Waals surface area contributed by atoms with Crippen molar-refractivity contribution in [2.24, 2.45) is 0 Å². The largest absolute Gasteiger partial charge is 0.497 e. The molecule has 1 heterocycles. The van der Waals surface area contributed by atoms with E-state index in [1.807, 2.05) is 5.38 Å². The molecule has 1 aromatic heterocycles. The lowest BCUT2D eigenvalue weighted by molar-refractivity contribution is 0.218. The Morgan fingerprint density at radius 3 is 2.28 bits per heavy atom. The molecule has 6 heteroatoms. The Hall–Kier alpha value is -1.11. The van der Waals surface area contributed by atoms with E-state index in [4.69, 9.17) is 9.47 Å². The van der Waals surface area contributed by atoms with Crippen molar-refractivity contribution in [3.63, 3.8) is 0 Å². The molecule has 0 aliphatic rings. The fourth-order valence-corrected chi connectivity index (χ4v) is 2.80. The van der Waals surface area contributed by atoms with E-state index >= 15 is 0 Å². The summed E-state index contributed by atoms with van der Waals surface area (Å²) < 4.78 is 11.1. The first-order valence-electron chi connectivity index (χ1n) is 5.16. The van der Waals surface area contributed by atoms with E-state index in [0.717, 1.165) is 4.60 Å². The fourth-order valence-electron chi connectivity index (χ4n) is 1.52. The van der Waals surface area contributed by atoms with Crippen LogP contribution >= 0.6 is 27.3 Å². The van der Waals surface area contributed by atoms with Crippen molar-refractivity contribution in [1.29, 1.82) is 0 Å². The summed E-state index contributed by atoms with van der Waals surface area (Å²) in [6, 6.07) is 5.29. The zero-order valence-electron chi connectivity index (χ0n) is 9.88. The number of aromatic nitrogens is 1. The molecule has 1 N–H and O–H groups in total. The maximum atomic E-state index is 10.3. The van der Waals surface area contributed by atoms with Gasteiger partial charge in [0.2, 0.25) is 0 Å². The van der Waals surface area contributed by atoms with Crippen LogP contribution in [0, 0.1) is 0 Å². The molecular weight excluding hydrogens is 318 g/mol. The van der Waals surface area contributed by atoms with E-state index in [-0.39, 0.29) is 0 Å². The predicted octanol–water partition coefficient (Wildman–Crippen LogP) is 3.00. The van der Waals surface area contributed by atoms with Gasteiger partial charge in [-0.1, -0.05) is 0 Å². The van der Waals surface area contributed by atoms with Crippen molar-refractivity contribution in [1.82, 2.24) is 4.98 Å². The predicted molar refractivity (Wildman–Crippen MR) is 73.4 cm³/mol. The maximum Gasteiger partial charge on any atom is 0.131 e. The van der Waals surface area contributed by atoms with Crippen LogP contribution in [-0.4, -0.2) is 24.3 Å². The lowest BCUT2D eigenvalue weighted by atomic mass is 10.1. The summed E-state index contributed by atoms with van der Waals surface area (Å²) in [5, 5.41) is 12.7. The summed E-state index contributed by atoms with van der Waals surface area (Å²) in [5.74, 6) is 1.28. The molecule has 4 nitrogen and oxygen atoms in total. The third-order valence-corrected chi connectivity index (χ3v) is 4.02. The zero-order valence-corrected chi connectivity index (χ0v) is 12.3. The van der Waals surface area contributed by atoms with E-state index in [9.17, 15) is 5.11 Å². The van der Waals surface area contributed by atoms with Crippen molar-refractivity contribution >= 4 is 27.3 Å². The molecular formula is C12H12BrNO3S. The molecule has 0 fully saturated rings. The zero-order chi connectivity index (χ0) is 13.1. The second-order valence-corrected chi connectivity index (χ2v) is 5.26.